The molecule has 8 heteroatoms. The SMILES string of the molecule is CCCN1CCC(NC(=O)c2ccc(N(C)S(C)(=O)=O)cc2)CCC1=O. The predicted octanol–water partition coefficient (Wildman–Crippen LogP) is 1.60. The van der Waals surface area contributed by atoms with Crippen molar-refractivity contribution in [1.29, 1.82) is 0 Å². The van der Waals surface area contributed by atoms with Gasteiger partial charge < -0.3 is 10.2 Å². The van der Waals surface area contributed by atoms with Gasteiger partial charge in [-0.1, -0.05) is 6.92 Å². The van der Waals surface area contributed by atoms with Crippen molar-refractivity contribution in [3.05, 3.63) is 29.8 Å². The highest BCUT2D eigenvalue weighted by atomic mass is 32.2. The minimum Gasteiger partial charge on any atom is -0.349 e. The number of amides is 2. The van der Waals surface area contributed by atoms with Gasteiger partial charge in [0, 0.05) is 38.2 Å². The zero-order valence-corrected chi connectivity index (χ0v) is 16.4. The summed E-state index contributed by atoms with van der Waals surface area (Å²) in [6.07, 6.45) is 3.88. The molecule has 1 fully saturated rings. The van der Waals surface area contributed by atoms with Gasteiger partial charge in [0.15, 0.2) is 0 Å². The molecule has 0 aromatic heterocycles. The van der Waals surface area contributed by atoms with Gasteiger partial charge in [-0.05, 0) is 43.5 Å². The van der Waals surface area contributed by atoms with E-state index in [-0.39, 0.29) is 17.9 Å². The number of likely N-dealkylation sites (tertiary alicyclic amines) is 1. The van der Waals surface area contributed by atoms with Crippen molar-refractivity contribution in [2.75, 3.05) is 30.7 Å². The lowest BCUT2D eigenvalue weighted by Gasteiger charge is -2.20. The molecule has 1 aliphatic heterocycles. The molecule has 26 heavy (non-hydrogen) atoms. The smallest absolute Gasteiger partial charge is 0.251 e. The molecule has 0 saturated carbocycles. The summed E-state index contributed by atoms with van der Waals surface area (Å²) in [6, 6.07) is 6.40. The summed E-state index contributed by atoms with van der Waals surface area (Å²) >= 11 is 0. The number of carbonyl (C=O) groups is 2. The maximum atomic E-state index is 12.5. The van der Waals surface area contributed by atoms with Crippen LogP contribution in [0.5, 0.6) is 0 Å². The Balaban J connectivity index is 1.98. The fourth-order valence-corrected chi connectivity index (χ4v) is 3.47. The molecule has 1 N–H and O–H groups in total. The average Bonchev–Trinajstić information content (AvgIpc) is 2.77. The van der Waals surface area contributed by atoms with Crippen molar-refractivity contribution in [2.24, 2.45) is 0 Å². The fraction of sp³-hybridized carbons (Fsp3) is 0.556. The maximum absolute atomic E-state index is 12.5. The molecule has 0 spiro atoms. The van der Waals surface area contributed by atoms with Gasteiger partial charge in [-0.15, -0.1) is 0 Å². The van der Waals surface area contributed by atoms with E-state index in [1.807, 2.05) is 11.8 Å². The van der Waals surface area contributed by atoms with Gasteiger partial charge in [-0.25, -0.2) is 8.42 Å². The Bertz CT molecular complexity index is 746. The number of hydrogen-bond acceptors (Lipinski definition) is 4. The van der Waals surface area contributed by atoms with Crippen LogP contribution in [-0.2, 0) is 14.8 Å². The van der Waals surface area contributed by atoms with Crippen LogP contribution in [0.3, 0.4) is 0 Å². The third kappa shape index (κ3) is 5.20. The first-order chi connectivity index (χ1) is 12.2. The van der Waals surface area contributed by atoms with E-state index in [4.69, 9.17) is 0 Å². The molecule has 1 unspecified atom stereocenters. The number of nitrogens with zero attached hydrogens (tertiary/aromatic N) is 2. The number of hydrogen-bond donors (Lipinski definition) is 1. The van der Waals surface area contributed by atoms with Crippen molar-refractivity contribution in [3.8, 4) is 0 Å². The Kier molecular flexibility index (Phi) is 6.63. The standard InChI is InChI=1S/C18H27N3O4S/c1-4-12-21-13-11-15(7-10-17(21)22)19-18(23)14-5-8-16(9-6-14)20(2)26(3,24)25/h5-6,8-9,15H,4,7,10-13H2,1-3H3,(H,19,23). The lowest BCUT2D eigenvalue weighted by molar-refractivity contribution is -0.130. The van der Waals surface area contributed by atoms with Gasteiger partial charge in [0.2, 0.25) is 15.9 Å². The topological polar surface area (TPSA) is 86.8 Å². The maximum Gasteiger partial charge on any atom is 0.251 e. The lowest BCUT2D eigenvalue weighted by Crippen LogP contribution is -2.36. The van der Waals surface area contributed by atoms with E-state index in [1.165, 1.54) is 7.05 Å². The van der Waals surface area contributed by atoms with Gasteiger partial charge in [0.1, 0.15) is 0 Å². The second-order valence-corrected chi connectivity index (χ2v) is 8.67. The van der Waals surface area contributed by atoms with Crippen molar-refractivity contribution in [1.82, 2.24) is 10.2 Å². The zero-order valence-electron chi connectivity index (χ0n) is 15.6. The summed E-state index contributed by atoms with van der Waals surface area (Å²) in [5.41, 5.74) is 0.968. The summed E-state index contributed by atoms with van der Waals surface area (Å²) < 4.78 is 24.3. The minimum atomic E-state index is -3.33. The van der Waals surface area contributed by atoms with Gasteiger partial charge in [-0.2, -0.15) is 0 Å². The quantitative estimate of drug-likeness (QED) is 0.811. The van der Waals surface area contributed by atoms with Crippen LogP contribution in [0.25, 0.3) is 0 Å². The van der Waals surface area contributed by atoms with E-state index in [0.717, 1.165) is 29.9 Å². The van der Waals surface area contributed by atoms with Crippen molar-refractivity contribution < 1.29 is 18.0 Å². The fourth-order valence-electron chi connectivity index (χ4n) is 2.97. The molecule has 1 saturated heterocycles. The third-order valence-corrected chi connectivity index (χ3v) is 5.83. The Hall–Kier alpha value is -2.09. The summed E-state index contributed by atoms with van der Waals surface area (Å²) in [6.45, 7) is 3.47. The Labute approximate surface area is 155 Å². The highest BCUT2D eigenvalue weighted by Gasteiger charge is 2.23. The minimum absolute atomic E-state index is 0.0355. The molecule has 1 atom stereocenters. The number of anilines is 1. The molecule has 0 aliphatic carbocycles. The summed E-state index contributed by atoms with van der Waals surface area (Å²) in [7, 11) is -1.87. The third-order valence-electron chi connectivity index (χ3n) is 4.63. The first kappa shape index (κ1) is 20.2. The largest absolute Gasteiger partial charge is 0.349 e. The van der Waals surface area contributed by atoms with Crippen molar-refractivity contribution in [2.45, 2.75) is 38.6 Å². The molecular formula is C18H27N3O4S. The lowest BCUT2D eigenvalue weighted by atomic mass is 10.1. The van der Waals surface area contributed by atoms with Crippen LogP contribution < -0.4 is 9.62 Å². The van der Waals surface area contributed by atoms with Crippen LogP contribution in [0.2, 0.25) is 0 Å². The van der Waals surface area contributed by atoms with Crippen LogP contribution >= 0.6 is 0 Å². The summed E-state index contributed by atoms with van der Waals surface area (Å²) in [4.78, 5) is 26.4. The highest BCUT2D eigenvalue weighted by molar-refractivity contribution is 7.92. The average molecular weight is 381 g/mol. The second kappa shape index (κ2) is 8.53. The molecule has 1 aromatic rings. The van der Waals surface area contributed by atoms with E-state index >= 15 is 0 Å². The number of benzene rings is 1. The van der Waals surface area contributed by atoms with Crippen LogP contribution in [-0.4, -0.2) is 57.6 Å². The first-order valence-electron chi connectivity index (χ1n) is 8.85. The van der Waals surface area contributed by atoms with Crippen LogP contribution in [0.4, 0.5) is 5.69 Å². The molecule has 2 rings (SSSR count). The number of rotatable bonds is 6. The summed E-state index contributed by atoms with van der Waals surface area (Å²) in [5.74, 6) is -0.0586. The molecule has 0 bridgehead atoms. The highest BCUT2D eigenvalue weighted by Crippen LogP contribution is 2.17. The van der Waals surface area contributed by atoms with Gasteiger partial charge >= 0.3 is 0 Å². The normalized spacial score (nSPS) is 18.3. The van der Waals surface area contributed by atoms with Crippen LogP contribution in [0.1, 0.15) is 43.0 Å². The van der Waals surface area contributed by atoms with Crippen molar-refractivity contribution >= 4 is 27.5 Å². The van der Waals surface area contributed by atoms with Crippen molar-refractivity contribution in [3.63, 3.8) is 0 Å². The number of carbonyl (C=O) groups excluding carboxylic acids is 2. The predicted molar refractivity (Wildman–Crippen MR) is 102 cm³/mol. The molecular weight excluding hydrogens is 354 g/mol. The molecule has 7 nitrogen and oxygen atoms in total. The van der Waals surface area contributed by atoms with Crippen LogP contribution in [0.15, 0.2) is 24.3 Å². The van der Waals surface area contributed by atoms with E-state index < -0.39 is 10.0 Å². The first-order valence-corrected chi connectivity index (χ1v) is 10.7. The second-order valence-electron chi connectivity index (χ2n) is 6.66. The van der Waals surface area contributed by atoms with Gasteiger partial charge in [0.05, 0.1) is 11.9 Å². The van der Waals surface area contributed by atoms with E-state index in [1.54, 1.807) is 24.3 Å². The molecule has 144 valence electrons. The Morgan fingerprint density at radius 1 is 1.27 bits per heavy atom. The molecule has 0 radical (unpaired) electrons. The van der Waals surface area contributed by atoms with E-state index in [0.29, 0.717) is 30.6 Å². The van der Waals surface area contributed by atoms with E-state index in [9.17, 15) is 18.0 Å². The van der Waals surface area contributed by atoms with Gasteiger partial charge in [-0.3, -0.25) is 13.9 Å². The zero-order chi connectivity index (χ0) is 19.3. The Morgan fingerprint density at radius 3 is 2.50 bits per heavy atom. The van der Waals surface area contributed by atoms with Gasteiger partial charge in [0.25, 0.3) is 5.91 Å². The number of sulfonamides is 1. The van der Waals surface area contributed by atoms with Crippen LogP contribution in [0, 0.1) is 0 Å². The van der Waals surface area contributed by atoms with E-state index in [2.05, 4.69) is 5.32 Å². The molecule has 1 aliphatic rings. The Morgan fingerprint density at radius 2 is 1.92 bits per heavy atom. The summed E-state index contributed by atoms with van der Waals surface area (Å²) in [5, 5.41) is 2.99. The molecule has 1 heterocycles. The number of nitrogens with one attached hydrogen (secondary N) is 1. The molecule has 1 aromatic carbocycles. The molecule has 2 amide bonds. The monoisotopic (exact) mass is 381 g/mol.